The maximum absolute atomic E-state index is 12.1. The molecule has 1 aliphatic heterocycles. The number of aliphatic hydroxyl groups is 1. The normalized spacial score (nSPS) is 17.6. The van der Waals surface area contributed by atoms with Crippen LogP contribution in [-0.4, -0.2) is 54.1 Å². The van der Waals surface area contributed by atoms with Crippen molar-refractivity contribution in [3.05, 3.63) is 35.4 Å². The lowest BCUT2D eigenvalue weighted by molar-refractivity contribution is -0.130. The maximum atomic E-state index is 12.1. The Balaban J connectivity index is 1.93. The number of rotatable bonds is 6. The molecule has 1 heterocycles. The molecule has 1 aromatic rings. The topological polar surface area (TPSA) is 67.6 Å². The first-order valence-electron chi connectivity index (χ1n) is 7.71. The summed E-state index contributed by atoms with van der Waals surface area (Å²) in [5, 5.41) is 18.3. The summed E-state index contributed by atoms with van der Waals surface area (Å²) in [7, 11) is 1.73. The van der Waals surface area contributed by atoms with E-state index in [0.29, 0.717) is 25.9 Å². The van der Waals surface area contributed by atoms with Gasteiger partial charge in [0.1, 0.15) is 0 Å². The molecule has 0 aromatic heterocycles. The number of fused-ring (bicyclic) bond motifs is 1. The van der Waals surface area contributed by atoms with Crippen molar-refractivity contribution in [1.82, 2.24) is 9.80 Å². The Morgan fingerprint density at radius 1 is 1.50 bits per heavy atom. The van der Waals surface area contributed by atoms with Crippen LogP contribution < -0.4 is 0 Å². The minimum atomic E-state index is -0.0258. The van der Waals surface area contributed by atoms with Crippen LogP contribution in [0, 0.1) is 11.3 Å². The highest BCUT2D eigenvalue weighted by Gasteiger charge is 2.26. The molecule has 22 heavy (non-hydrogen) atoms. The summed E-state index contributed by atoms with van der Waals surface area (Å²) in [6, 6.07) is 10.2. The van der Waals surface area contributed by atoms with Crippen LogP contribution in [0.5, 0.6) is 0 Å². The van der Waals surface area contributed by atoms with Gasteiger partial charge >= 0.3 is 0 Å². The van der Waals surface area contributed by atoms with Crippen LogP contribution in [0.25, 0.3) is 0 Å². The molecule has 118 valence electrons. The minimum absolute atomic E-state index is 0.0258. The third kappa shape index (κ3) is 3.85. The molecule has 5 nitrogen and oxygen atoms in total. The molecule has 1 unspecified atom stereocenters. The SMILES string of the molecule is CN(CCC#N)C(=O)CCN1CCc2ccccc2C1CO. The highest BCUT2D eigenvalue weighted by Crippen LogP contribution is 2.29. The van der Waals surface area contributed by atoms with E-state index in [2.05, 4.69) is 17.0 Å². The van der Waals surface area contributed by atoms with Gasteiger partial charge in [0.2, 0.25) is 5.91 Å². The predicted octanol–water partition coefficient (Wildman–Crippen LogP) is 1.34. The summed E-state index contributed by atoms with van der Waals surface area (Å²) in [6.07, 6.45) is 1.73. The van der Waals surface area contributed by atoms with Crippen LogP contribution in [0.4, 0.5) is 0 Å². The van der Waals surface area contributed by atoms with Crippen molar-refractivity contribution in [2.45, 2.75) is 25.3 Å². The van der Waals surface area contributed by atoms with Gasteiger partial charge in [-0.3, -0.25) is 9.69 Å². The Kier molecular flexibility index (Phi) is 5.93. The molecule has 0 bridgehead atoms. The molecular weight excluding hydrogens is 278 g/mol. The second-order valence-corrected chi connectivity index (χ2v) is 5.66. The highest BCUT2D eigenvalue weighted by molar-refractivity contribution is 5.76. The Morgan fingerprint density at radius 2 is 2.27 bits per heavy atom. The van der Waals surface area contributed by atoms with E-state index in [4.69, 9.17) is 5.26 Å². The molecule has 2 rings (SSSR count). The van der Waals surface area contributed by atoms with Gasteiger partial charge in [0, 0.05) is 33.1 Å². The maximum Gasteiger partial charge on any atom is 0.223 e. The number of hydrogen-bond donors (Lipinski definition) is 1. The summed E-state index contributed by atoms with van der Waals surface area (Å²) < 4.78 is 0. The highest BCUT2D eigenvalue weighted by atomic mass is 16.3. The van der Waals surface area contributed by atoms with E-state index < -0.39 is 0 Å². The van der Waals surface area contributed by atoms with Gasteiger partial charge in [-0.15, -0.1) is 0 Å². The fraction of sp³-hybridized carbons (Fsp3) is 0.529. The van der Waals surface area contributed by atoms with Crippen LogP contribution in [-0.2, 0) is 11.2 Å². The summed E-state index contributed by atoms with van der Waals surface area (Å²) in [6.45, 7) is 2.03. The van der Waals surface area contributed by atoms with E-state index in [1.165, 1.54) is 11.1 Å². The molecular formula is C17H23N3O2. The van der Waals surface area contributed by atoms with E-state index in [9.17, 15) is 9.90 Å². The quantitative estimate of drug-likeness (QED) is 0.861. The summed E-state index contributed by atoms with van der Waals surface area (Å²) in [5.74, 6) is 0.0470. The largest absolute Gasteiger partial charge is 0.394 e. The third-order valence-corrected chi connectivity index (χ3v) is 4.29. The summed E-state index contributed by atoms with van der Waals surface area (Å²) in [4.78, 5) is 15.8. The number of nitriles is 1. The summed E-state index contributed by atoms with van der Waals surface area (Å²) in [5.41, 5.74) is 2.46. The zero-order chi connectivity index (χ0) is 15.9. The number of nitrogens with zero attached hydrogens (tertiary/aromatic N) is 3. The zero-order valence-electron chi connectivity index (χ0n) is 13.0. The predicted molar refractivity (Wildman–Crippen MR) is 84.0 cm³/mol. The van der Waals surface area contributed by atoms with Gasteiger partial charge in [0.05, 0.1) is 25.1 Å². The molecule has 0 radical (unpaired) electrons. The van der Waals surface area contributed by atoms with Crippen molar-refractivity contribution in [2.75, 3.05) is 33.3 Å². The monoisotopic (exact) mass is 301 g/mol. The Labute approximate surface area is 131 Å². The minimum Gasteiger partial charge on any atom is -0.394 e. The van der Waals surface area contributed by atoms with Gasteiger partial charge < -0.3 is 10.0 Å². The average Bonchev–Trinajstić information content (AvgIpc) is 2.56. The lowest BCUT2D eigenvalue weighted by atomic mass is 9.93. The molecule has 5 heteroatoms. The van der Waals surface area contributed by atoms with Crippen molar-refractivity contribution < 1.29 is 9.90 Å². The number of carbonyl (C=O) groups excluding carboxylic acids is 1. The molecule has 0 saturated carbocycles. The van der Waals surface area contributed by atoms with Crippen LogP contribution in [0.1, 0.15) is 30.0 Å². The molecule has 0 aliphatic carbocycles. The lowest BCUT2D eigenvalue weighted by Gasteiger charge is -2.36. The fourth-order valence-corrected chi connectivity index (χ4v) is 2.96. The first-order valence-corrected chi connectivity index (χ1v) is 7.71. The van der Waals surface area contributed by atoms with E-state index in [1.807, 2.05) is 18.2 Å². The first-order chi connectivity index (χ1) is 10.7. The lowest BCUT2D eigenvalue weighted by Crippen LogP contribution is -2.40. The number of carbonyl (C=O) groups is 1. The Morgan fingerprint density at radius 3 is 3.00 bits per heavy atom. The van der Waals surface area contributed by atoms with Gasteiger partial charge in [0.15, 0.2) is 0 Å². The third-order valence-electron chi connectivity index (χ3n) is 4.29. The van der Waals surface area contributed by atoms with Gasteiger partial charge in [-0.1, -0.05) is 24.3 Å². The van der Waals surface area contributed by atoms with Crippen molar-refractivity contribution in [3.8, 4) is 6.07 Å². The van der Waals surface area contributed by atoms with Crippen molar-refractivity contribution in [3.63, 3.8) is 0 Å². The molecule has 1 atom stereocenters. The van der Waals surface area contributed by atoms with Crippen molar-refractivity contribution in [2.24, 2.45) is 0 Å². The number of aliphatic hydroxyl groups excluding tert-OH is 1. The Bertz CT molecular complexity index is 553. The Hall–Kier alpha value is -1.90. The zero-order valence-corrected chi connectivity index (χ0v) is 13.0. The molecule has 1 N–H and O–H groups in total. The second-order valence-electron chi connectivity index (χ2n) is 5.66. The second kappa shape index (κ2) is 7.92. The summed E-state index contributed by atoms with van der Waals surface area (Å²) >= 11 is 0. The molecule has 1 amide bonds. The molecule has 0 saturated heterocycles. The number of benzene rings is 1. The van der Waals surface area contributed by atoms with Crippen LogP contribution in [0.3, 0.4) is 0 Å². The molecule has 1 aromatic carbocycles. The van der Waals surface area contributed by atoms with Gasteiger partial charge in [-0.05, 0) is 17.5 Å². The van der Waals surface area contributed by atoms with Crippen LogP contribution in [0.15, 0.2) is 24.3 Å². The van der Waals surface area contributed by atoms with Gasteiger partial charge in [0.25, 0.3) is 0 Å². The number of hydrogen-bond acceptors (Lipinski definition) is 4. The average molecular weight is 301 g/mol. The van der Waals surface area contributed by atoms with Crippen LogP contribution in [0.2, 0.25) is 0 Å². The van der Waals surface area contributed by atoms with Crippen molar-refractivity contribution >= 4 is 5.91 Å². The molecule has 0 fully saturated rings. The molecule has 1 aliphatic rings. The van der Waals surface area contributed by atoms with E-state index >= 15 is 0 Å². The van der Waals surface area contributed by atoms with Crippen LogP contribution >= 0.6 is 0 Å². The van der Waals surface area contributed by atoms with Gasteiger partial charge in [-0.2, -0.15) is 5.26 Å². The van der Waals surface area contributed by atoms with Crippen molar-refractivity contribution in [1.29, 1.82) is 5.26 Å². The van der Waals surface area contributed by atoms with Gasteiger partial charge in [-0.25, -0.2) is 0 Å². The first kappa shape index (κ1) is 16.5. The molecule has 0 spiro atoms. The van der Waals surface area contributed by atoms with E-state index in [-0.39, 0.29) is 18.6 Å². The van der Waals surface area contributed by atoms with E-state index in [0.717, 1.165) is 13.0 Å². The van der Waals surface area contributed by atoms with E-state index in [1.54, 1.807) is 11.9 Å². The fourth-order valence-electron chi connectivity index (χ4n) is 2.96. The number of amides is 1. The standard InChI is InChI=1S/C17H23N3O2/c1-19(10-4-9-18)17(22)8-12-20-11-7-14-5-2-3-6-15(14)16(20)13-21/h2-3,5-6,16,21H,4,7-8,10-13H2,1H3. The smallest absolute Gasteiger partial charge is 0.223 e.